The van der Waals surface area contributed by atoms with Crippen LogP contribution in [0.4, 0.5) is 4.79 Å². The number of carbonyl (C=O) groups excluding carboxylic acids is 3. The van der Waals surface area contributed by atoms with E-state index in [1.807, 2.05) is 6.92 Å². The second-order valence-corrected chi connectivity index (χ2v) is 7.03. The second kappa shape index (κ2) is 10.5. The Bertz CT molecular complexity index is 678. The lowest BCUT2D eigenvalue weighted by molar-refractivity contribution is -0.158. The molecule has 8 heteroatoms. The molecule has 0 saturated carbocycles. The number of carbonyl (C=O) groups is 3. The van der Waals surface area contributed by atoms with Crippen molar-refractivity contribution in [2.45, 2.75) is 46.3 Å². The molecule has 1 aromatic carbocycles. The lowest BCUT2D eigenvalue weighted by atomic mass is 9.97. The molecule has 1 amide bonds. The molecule has 1 rings (SSSR count). The van der Waals surface area contributed by atoms with E-state index in [0.29, 0.717) is 23.5 Å². The Morgan fingerprint density at radius 2 is 1.68 bits per heavy atom. The fourth-order valence-electron chi connectivity index (χ4n) is 2.46. The first-order chi connectivity index (χ1) is 13.1. The summed E-state index contributed by atoms with van der Waals surface area (Å²) in [5.74, 6) is -1.82. The van der Waals surface area contributed by atoms with Crippen LogP contribution in [0.25, 0.3) is 0 Å². The number of benzene rings is 1. The van der Waals surface area contributed by atoms with Crippen molar-refractivity contribution in [2.75, 3.05) is 20.8 Å². The molecule has 0 saturated heterocycles. The molecule has 0 bridgehead atoms. The highest BCUT2D eigenvalue weighted by molar-refractivity contribution is 5.95. The van der Waals surface area contributed by atoms with Gasteiger partial charge < -0.3 is 24.3 Å². The molecular formula is C20H29NO7. The van der Waals surface area contributed by atoms with Gasteiger partial charge in [0.15, 0.2) is 5.92 Å². The first-order valence-corrected chi connectivity index (χ1v) is 8.98. The smallest absolute Gasteiger partial charge is 0.407 e. The van der Waals surface area contributed by atoms with Crippen LogP contribution in [0.1, 0.15) is 38.8 Å². The monoisotopic (exact) mass is 395 g/mol. The van der Waals surface area contributed by atoms with E-state index < -0.39 is 29.6 Å². The van der Waals surface area contributed by atoms with Gasteiger partial charge in [-0.3, -0.25) is 9.59 Å². The maximum Gasteiger partial charge on any atom is 0.407 e. The van der Waals surface area contributed by atoms with Crippen molar-refractivity contribution in [1.29, 1.82) is 0 Å². The van der Waals surface area contributed by atoms with Crippen molar-refractivity contribution in [1.82, 2.24) is 5.32 Å². The van der Waals surface area contributed by atoms with Gasteiger partial charge in [-0.25, -0.2) is 4.79 Å². The summed E-state index contributed by atoms with van der Waals surface area (Å²) in [4.78, 5) is 35.7. The van der Waals surface area contributed by atoms with Crippen LogP contribution in [-0.4, -0.2) is 44.5 Å². The molecule has 0 spiro atoms. The van der Waals surface area contributed by atoms with Crippen LogP contribution in [0.5, 0.6) is 5.75 Å². The first-order valence-electron chi connectivity index (χ1n) is 8.98. The van der Waals surface area contributed by atoms with Crippen LogP contribution < -0.4 is 10.1 Å². The Morgan fingerprint density at radius 1 is 1.07 bits per heavy atom. The predicted octanol–water partition coefficient (Wildman–Crippen LogP) is 2.61. The molecule has 8 nitrogen and oxygen atoms in total. The number of ether oxygens (including phenoxy) is 4. The van der Waals surface area contributed by atoms with E-state index in [-0.39, 0.29) is 13.0 Å². The standard InChI is InChI=1S/C20H29NO7/c1-7-27-16-9-8-13(11-15(17(22)25-5)18(23)26-6)10-14(16)12-21-19(24)28-20(2,3)4/h8-10,15H,7,11-12H2,1-6H3,(H,21,24). The van der Waals surface area contributed by atoms with Crippen LogP contribution >= 0.6 is 0 Å². The molecule has 156 valence electrons. The molecule has 0 aliphatic carbocycles. The van der Waals surface area contributed by atoms with Gasteiger partial charge in [0.2, 0.25) is 0 Å². The normalized spacial score (nSPS) is 11.0. The van der Waals surface area contributed by atoms with Crippen molar-refractivity contribution < 1.29 is 33.3 Å². The largest absolute Gasteiger partial charge is 0.494 e. The van der Waals surface area contributed by atoms with Gasteiger partial charge in [0, 0.05) is 12.1 Å². The molecule has 0 heterocycles. The number of amides is 1. The van der Waals surface area contributed by atoms with Gasteiger partial charge in [-0.05, 0) is 45.7 Å². The van der Waals surface area contributed by atoms with E-state index in [0.717, 1.165) is 0 Å². The molecule has 0 aliphatic heterocycles. The summed E-state index contributed by atoms with van der Waals surface area (Å²) in [5, 5.41) is 2.68. The van der Waals surface area contributed by atoms with E-state index in [1.54, 1.807) is 39.0 Å². The molecule has 0 atom stereocenters. The molecule has 1 N–H and O–H groups in total. The molecular weight excluding hydrogens is 366 g/mol. The molecule has 0 radical (unpaired) electrons. The van der Waals surface area contributed by atoms with E-state index in [4.69, 9.17) is 9.47 Å². The highest BCUT2D eigenvalue weighted by atomic mass is 16.6. The van der Waals surface area contributed by atoms with Crippen molar-refractivity contribution in [3.8, 4) is 5.75 Å². The Morgan fingerprint density at radius 3 is 2.18 bits per heavy atom. The molecule has 0 fully saturated rings. The van der Waals surface area contributed by atoms with Crippen molar-refractivity contribution in [3.63, 3.8) is 0 Å². The third kappa shape index (κ3) is 7.46. The molecule has 28 heavy (non-hydrogen) atoms. The average molecular weight is 395 g/mol. The summed E-state index contributed by atoms with van der Waals surface area (Å²) in [6, 6.07) is 5.25. The molecule has 0 unspecified atom stereocenters. The molecule has 1 aromatic rings. The predicted molar refractivity (Wildman–Crippen MR) is 102 cm³/mol. The van der Waals surface area contributed by atoms with Crippen LogP contribution in [0, 0.1) is 5.92 Å². The third-order valence-electron chi connectivity index (χ3n) is 3.66. The van der Waals surface area contributed by atoms with Crippen molar-refractivity contribution in [3.05, 3.63) is 29.3 Å². The van der Waals surface area contributed by atoms with Gasteiger partial charge in [-0.1, -0.05) is 12.1 Å². The van der Waals surface area contributed by atoms with E-state index in [2.05, 4.69) is 14.8 Å². The lowest BCUT2D eigenvalue weighted by Gasteiger charge is -2.20. The first kappa shape index (κ1) is 23.3. The summed E-state index contributed by atoms with van der Waals surface area (Å²) in [6.45, 7) is 7.80. The summed E-state index contributed by atoms with van der Waals surface area (Å²) in [7, 11) is 2.43. The van der Waals surface area contributed by atoms with Crippen molar-refractivity contribution >= 4 is 18.0 Å². The second-order valence-electron chi connectivity index (χ2n) is 7.03. The zero-order chi connectivity index (χ0) is 21.3. The van der Waals surface area contributed by atoms with Crippen molar-refractivity contribution in [2.24, 2.45) is 5.92 Å². The number of methoxy groups -OCH3 is 2. The van der Waals surface area contributed by atoms with E-state index >= 15 is 0 Å². The van der Waals surface area contributed by atoms with Crippen LogP contribution in [0.15, 0.2) is 18.2 Å². The number of hydrogen-bond donors (Lipinski definition) is 1. The van der Waals surface area contributed by atoms with E-state index in [9.17, 15) is 14.4 Å². The van der Waals surface area contributed by atoms with Gasteiger partial charge in [0.05, 0.1) is 20.8 Å². The minimum Gasteiger partial charge on any atom is -0.494 e. The van der Waals surface area contributed by atoms with Gasteiger partial charge >= 0.3 is 18.0 Å². The Kier molecular flexibility index (Phi) is 8.76. The summed E-state index contributed by atoms with van der Waals surface area (Å²) in [5.41, 5.74) is 0.784. The highest BCUT2D eigenvalue weighted by Crippen LogP contribution is 2.23. The van der Waals surface area contributed by atoms with Gasteiger partial charge in [0.25, 0.3) is 0 Å². The van der Waals surface area contributed by atoms with Crippen LogP contribution in [-0.2, 0) is 36.8 Å². The lowest BCUT2D eigenvalue weighted by Crippen LogP contribution is -2.32. The van der Waals surface area contributed by atoms with Gasteiger partial charge in [0.1, 0.15) is 11.4 Å². The minimum atomic E-state index is -1.07. The number of hydrogen-bond acceptors (Lipinski definition) is 7. The van der Waals surface area contributed by atoms with Crippen LogP contribution in [0.3, 0.4) is 0 Å². The number of nitrogens with one attached hydrogen (secondary N) is 1. The maximum absolute atomic E-state index is 11.9. The Balaban J connectivity index is 3.00. The van der Waals surface area contributed by atoms with Gasteiger partial charge in [-0.2, -0.15) is 0 Å². The third-order valence-corrected chi connectivity index (χ3v) is 3.66. The zero-order valence-corrected chi connectivity index (χ0v) is 17.3. The maximum atomic E-state index is 11.9. The fraction of sp³-hybridized carbons (Fsp3) is 0.550. The SMILES string of the molecule is CCOc1ccc(CC(C(=O)OC)C(=O)OC)cc1CNC(=O)OC(C)(C)C. The number of alkyl carbamates (subject to hydrolysis) is 1. The average Bonchev–Trinajstić information content (AvgIpc) is 2.63. The summed E-state index contributed by atoms with van der Waals surface area (Å²) < 4.78 is 20.2. The fourth-order valence-corrected chi connectivity index (χ4v) is 2.46. The Labute approximate surface area is 165 Å². The van der Waals surface area contributed by atoms with E-state index in [1.165, 1.54) is 14.2 Å². The quantitative estimate of drug-likeness (QED) is 0.410. The molecule has 0 aliphatic rings. The zero-order valence-electron chi connectivity index (χ0n) is 17.3. The molecule has 0 aromatic heterocycles. The van der Waals surface area contributed by atoms with Gasteiger partial charge in [-0.15, -0.1) is 0 Å². The van der Waals surface area contributed by atoms with Crippen LogP contribution in [0.2, 0.25) is 0 Å². The number of esters is 2. The minimum absolute atomic E-state index is 0.102. The topological polar surface area (TPSA) is 100 Å². The summed E-state index contributed by atoms with van der Waals surface area (Å²) in [6.07, 6.45) is -0.451. The summed E-state index contributed by atoms with van der Waals surface area (Å²) >= 11 is 0. The highest BCUT2D eigenvalue weighted by Gasteiger charge is 2.29. The number of rotatable bonds is 8. The Hall–Kier alpha value is -2.77.